The molecule has 1 fully saturated rings. The zero-order chi connectivity index (χ0) is 24.5. The van der Waals surface area contributed by atoms with Crippen molar-refractivity contribution in [2.24, 2.45) is 5.92 Å². The highest BCUT2D eigenvalue weighted by Gasteiger charge is 2.61. The minimum Gasteiger partial charge on any atom is -0.493 e. The molecule has 3 atom stereocenters. The van der Waals surface area contributed by atoms with Gasteiger partial charge in [-0.25, -0.2) is 0 Å². The van der Waals surface area contributed by atoms with Gasteiger partial charge >= 0.3 is 5.97 Å². The molecule has 2 amide bonds. The summed E-state index contributed by atoms with van der Waals surface area (Å²) in [5.41, 5.74) is 2.11. The average Bonchev–Trinajstić information content (AvgIpc) is 3.55. The number of ether oxygens (including phenoxy) is 1. The SMILES string of the molecule is CCNC(=O)c1ccc2c(c1)[C@]1(CCO2)C[C@H]1C(=O)Nc1cc(C#N)ccc1C(CC)C(=O)O. The molecular weight excluding hydrogens is 434 g/mol. The number of hydrogen-bond acceptors (Lipinski definition) is 5. The number of carbonyl (C=O) groups excluding carboxylic acids is 2. The van der Waals surface area contributed by atoms with Crippen molar-refractivity contribution < 1.29 is 24.2 Å². The van der Waals surface area contributed by atoms with E-state index in [1.807, 2.05) is 19.1 Å². The number of nitrogens with zero attached hydrogens (tertiary/aromatic N) is 1. The molecule has 4 rings (SSSR count). The molecule has 1 aliphatic heterocycles. The van der Waals surface area contributed by atoms with Gasteiger partial charge < -0.3 is 20.5 Å². The van der Waals surface area contributed by atoms with E-state index < -0.39 is 17.3 Å². The summed E-state index contributed by atoms with van der Waals surface area (Å²) in [4.78, 5) is 37.5. The smallest absolute Gasteiger partial charge is 0.311 e. The van der Waals surface area contributed by atoms with Crippen LogP contribution in [0, 0.1) is 17.2 Å². The van der Waals surface area contributed by atoms with Crippen LogP contribution in [-0.2, 0) is 15.0 Å². The molecule has 2 aliphatic rings. The fourth-order valence-corrected chi connectivity index (χ4v) is 4.93. The third-order valence-electron chi connectivity index (χ3n) is 6.84. The van der Waals surface area contributed by atoms with Gasteiger partial charge in [-0.3, -0.25) is 14.4 Å². The van der Waals surface area contributed by atoms with E-state index in [1.54, 1.807) is 31.2 Å². The van der Waals surface area contributed by atoms with Crippen LogP contribution >= 0.6 is 0 Å². The summed E-state index contributed by atoms with van der Waals surface area (Å²) in [6.07, 6.45) is 1.61. The van der Waals surface area contributed by atoms with E-state index in [4.69, 9.17) is 4.74 Å². The highest BCUT2D eigenvalue weighted by atomic mass is 16.5. The highest BCUT2D eigenvalue weighted by molar-refractivity contribution is 5.98. The van der Waals surface area contributed by atoms with Crippen LogP contribution in [0.15, 0.2) is 36.4 Å². The molecule has 0 aromatic heterocycles. The molecule has 1 aliphatic carbocycles. The van der Waals surface area contributed by atoms with Crippen molar-refractivity contribution in [1.82, 2.24) is 5.32 Å². The first-order chi connectivity index (χ1) is 16.3. The predicted molar refractivity (Wildman–Crippen MR) is 125 cm³/mol. The van der Waals surface area contributed by atoms with Crippen LogP contribution in [0.25, 0.3) is 0 Å². The first-order valence-electron chi connectivity index (χ1n) is 11.5. The Labute approximate surface area is 197 Å². The molecule has 176 valence electrons. The van der Waals surface area contributed by atoms with Gasteiger partial charge in [0, 0.05) is 34.7 Å². The van der Waals surface area contributed by atoms with Crippen LogP contribution in [0.2, 0.25) is 0 Å². The van der Waals surface area contributed by atoms with Gasteiger partial charge in [-0.15, -0.1) is 0 Å². The lowest BCUT2D eigenvalue weighted by Crippen LogP contribution is -2.28. The summed E-state index contributed by atoms with van der Waals surface area (Å²) < 4.78 is 5.80. The molecular formula is C26H27N3O5. The number of rotatable bonds is 7. The Hall–Kier alpha value is -3.86. The molecule has 0 saturated heterocycles. The quantitative estimate of drug-likeness (QED) is 0.578. The molecule has 2 aromatic rings. The van der Waals surface area contributed by atoms with Crippen LogP contribution in [-0.4, -0.2) is 36.0 Å². The molecule has 1 unspecified atom stereocenters. The number of nitrogens with one attached hydrogen (secondary N) is 2. The van der Waals surface area contributed by atoms with Gasteiger partial charge in [-0.1, -0.05) is 13.0 Å². The molecule has 34 heavy (non-hydrogen) atoms. The van der Waals surface area contributed by atoms with E-state index in [9.17, 15) is 24.8 Å². The van der Waals surface area contributed by atoms with Gasteiger partial charge in [0.25, 0.3) is 5.91 Å². The Bertz CT molecular complexity index is 1200. The van der Waals surface area contributed by atoms with Gasteiger partial charge in [-0.2, -0.15) is 5.26 Å². The lowest BCUT2D eigenvalue weighted by Gasteiger charge is -2.27. The zero-order valence-corrected chi connectivity index (χ0v) is 19.2. The van der Waals surface area contributed by atoms with Gasteiger partial charge in [0.15, 0.2) is 0 Å². The number of anilines is 1. The summed E-state index contributed by atoms with van der Waals surface area (Å²) in [6, 6.07) is 12.0. The fraction of sp³-hybridized carbons (Fsp3) is 0.385. The van der Waals surface area contributed by atoms with E-state index in [-0.39, 0.29) is 17.7 Å². The van der Waals surface area contributed by atoms with Crippen molar-refractivity contribution in [3.05, 3.63) is 58.7 Å². The largest absolute Gasteiger partial charge is 0.493 e. The fourth-order valence-electron chi connectivity index (χ4n) is 4.93. The summed E-state index contributed by atoms with van der Waals surface area (Å²) in [6.45, 7) is 4.61. The monoisotopic (exact) mass is 461 g/mol. The normalized spacial score (nSPS) is 20.9. The van der Waals surface area contributed by atoms with E-state index in [2.05, 4.69) is 10.6 Å². The van der Waals surface area contributed by atoms with Crippen LogP contribution in [0.4, 0.5) is 5.69 Å². The Morgan fingerprint density at radius 2 is 2.03 bits per heavy atom. The number of amides is 2. The Balaban J connectivity index is 1.63. The average molecular weight is 462 g/mol. The van der Waals surface area contributed by atoms with Crippen LogP contribution in [0.1, 0.15) is 66.1 Å². The number of hydrogen-bond donors (Lipinski definition) is 3. The molecule has 1 heterocycles. The number of nitriles is 1. The molecule has 0 radical (unpaired) electrons. The summed E-state index contributed by atoms with van der Waals surface area (Å²) in [5, 5.41) is 24.6. The number of carboxylic acids is 1. The second kappa shape index (κ2) is 9.18. The molecule has 3 N–H and O–H groups in total. The Morgan fingerprint density at radius 1 is 1.24 bits per heavy atom. The van der Waals surface area contributed by atoms with Crippen molar-refractivity contribution >= 4 is 23.5 Å². The Kier molecular flexibility index (Phi) is 6.29. The van der Waals surface area contributed by atoms with E-state index in [0.29, 0.717) is 60.5 Å². The maximum Gasteiger partial charge on any atom is 0.311 e. The van der Waals surface area contributed by atoms with Gasteiger partial charge in [0.2, 0.25) is 5.91 Å². The molecule has 2 aromatic carbocycles. The predicted octanol–water partition coefficient (Wildman–Crippen LogP) is 3.57. The summed E-state index contributed by atoms with van der Waals surface area (Å²) in [7, 11) is 0. The Morgan fingerprint density at radius 3 is 2.71 bits per heavy atom. The minimum absolute atomic E-state index is 0.176. The second-order valence-corrected chi connectivity index (χ2v) is 8.78. The first-order valence-corrected chi connectivity index (χ1v) is 11.5. The van der Waals surface area contributed by atoms with Crippen molar-refractivity contribution in [3.8, 4) is 11.8 Å². The number of carbonyl (C=O) groups is 3. The molecule has 1 saturated carbocycles. The third kappa shape index (κ3) is 4.10. The number of aliphatic carboxylic acids is 1. The topological polar surface area (TPSA) is 129 Å². The second-order valence-electron chi connectivity index (χ2n) is 8.78. The van der Waals surface area contributed by atoms with E-state index in [0.717, 1.165) is 5.56 Å². The lowest BCUT2D eigenvalue weighted by molar-refractivity contribution is -0.138. The molecule has 1 spiro atoms. The standard InChI is InChI=1S/C26H27N3O5/c1-3-17(25(32)33)18-7-5-15(14-27)11-21(18)29-24(31)20-13-26(20)9-10-34-22-8-6-16(12-19(22)26)23(30)28-4-2/h5-8,11-12,17,20H,3-4,9-10,13H2,1-2H3,(H,28,30)(H,29,31)(H,32,33)/t17?,20-,26-/m0/s1. The molecule has 8 heteroatoms. The third-order valence-corrected chi connectivity index (χ3v) is 6.84. The van der Waals surface area contributed by atoms with E-state index >= 15 is 0 Å². The van der Waals surface area contributed by atoms with Gasteiger partial charge in [0.1, 0.15) is 5.75 Å². The van der Waals surface area contributed by atoms with Crippen molar-refractivity contribution in [1.29, 1.82) is 5.26 Å². The summed E-state index contributed by atoms with van der Waals surface area (Å²) >= 11 is 0. The van der Waals surface area contributed by atoms with Crippen LogP contribution < -0.4 is 15.4 Å². The van der Waals surface area contributed by atoms with Crippen molar-refractivity contribution in [2.45, 2.75) is 44.4 Å². The molecule has 8 nitrogen and oxygen atoms in total. The zero-order valence-electron chi connectivity index (χ0n) is 19.2. The minimum atomic E-state index is -0.984. The summed E-state index contributed by atoms with van der Waals surface area (Å²) in [5.74, 6) is -1.85. The van der Waals surface area contributed by atoms with Gasteiger partial charge in [-0.05, 0) is 62.1 Å². The number of fused-ring (bicyclic) bond motifs is 2. The lowest BCUT2D eigenvalue weighted by atomic mass is 9.86. The van der Waals surface area contributed by atoms with Crippen molar-refractivity contribution in [2.75, 3.05) is 18.5 Å². The first kappa shape index (κ1) is 23.3. The highest BCUT2D eigenvalue weighted by Crippen LogP contribution is 2.61. The number of benzene rings is 2. The van der Waals surface area contributed by atoms with Crippen molar-refractivity contribution in [3.63, 3.8) is 0 Å². The maximum absolute atomic E-state index is 13.4. The molecule has 0 bridgehead atoms. The van der Waals surface area contributed by atoms with E-state index in [1.165, 1.54) is 6.07 Å². The van der Waals surface area contributed by atoms with Crippen LogP contribution in [0.5, 0.6) is 5.75 Å². The van der Waals surface area contributed by atoms with Crippen LogP contribution in [0.3, 0.4) is 0 Å². The maximum atomic E-state index is 13.4. The number of carboxylic acid groups (broad SMARTS) is 1. The van der Waals surface area contributed by atoms with Gasteiger partial charge in [0.05, 0.1) is 24.2 Å².